The molecule has 2 aromatic heterocycles. The van der Waals surface area contributed by atoms with E-state index in [0.29, 0.717) is 0 Å². The molecule has 2 nitrogen and oxygen atoms in total. The Morgan fingerprint density at radius 2 is 1.61 bits per heavy atom. The predicted molar refractivity (Wildman–Crippen MR) is 81.5 cm³/mol. The second kappa shape index (κ2) is 4.07. The molecule has 0 bridgehead atoms. The zero-order chi connectivity index (χ0) is 12.9. The maximum Gasteiger partial charge on any atom is 0.169 e. The monoisotopic (exact) mass is 275 g/mol. The Morgan fingerprint density at radius 1 is 1.00 bits per heavy atom. The zero-order valence-electron chi connectivity index (χ0n) is 10.5. The van der Waals surface area contributed by atoms with Gasteiger partial charge in [-0.05, 0) is 42.0 Å². The number of benzene rings is 1. The molecule has 0 saturated carbocycles. The summed E-state index contributed by atoms with van der Waals surface area (Å²) in [6.45, 7) is 1.62. The first-order valence-corrected chi connectivity index (χ1v) is 7.33. The molecule has 0 atom stereocenters. The molecule has 2 heterocycles. The maximum absolute atomic E-state index is 11.4. The van der Waals surface area contributed by atoms with E-state index < -0.39 is 0 Å². The van der Waals surface area contributed by atoms with Gasteiger partial charge >= 0.3 is 0 Å². The molecule has 18 heavy (non-hydrogen) atoms. The summed E-state index contributed by atoms with van der Waals surface area (Å²) in [7, 11) is 4.11. The van der Waals surface area contributed by atoms with Crippen LogP contribution in [0.4, 0.5) is 5.00 Å². The average Bonchev–Trinajstić information content (AvgIpc) is 2.87. The molecule has 0 fully saturated rings. The number of anilines is 1. The van der Waals surface area contributed by atoms with Crippen LogP contribution in [0.3, 0.4) is 0 Å². The molecular weight excluding hydrogens is 262 g/mol. The summed E-state index contributed by atoms with van der Waals surface area (Å²) in [5.74, 6) is 0.147. The van der Waals surface area contributed by atoms with E-state index in [1.54, 1.807) is 29.6 Å². The van der Waals surface area contributed by atoms with Crippen LogP contribution < -0.4 is 4.90 Å². The number of rotatable bonds is 2. The van der Waals surface area contributed by atoms with Gasteiger partial charge in [-0.15, -0.1) is 22.7 Å². The van der Waals surface area contributed by atoms with Gasteiger partial charge in [-0.1, -0.05) is 0 Å². The molecule has 0 unspecified atom stereocenters. The van der Waals surface area contributed by atoms with Crippen molar-refractivity contribution in [2.45, 2.75) is 6.92 Å². The van der Waals surface area contributed by atoms with Gasteiger partial charge in [0.15, 0.2) is 5.78 Å². The fraction of sp³-hybridized carbons (Fsp3) is 0.214. The highest BCUT2D eigenvalue weighted by Gasteiger charge is 2.09. The first kappa shape index (κ1) is 11.7. The highest BCUT2D eigenvalue weighted by Crippen LogP contribution is 2.37. The number of carbonyl (C=O) groups is 1. The van der Waals surface area contributed by atoms with Crippen molar-refractivity contribution < 1.29 is 4.79 Å². The second-order valence-electron chi connectivity index (χ2n) is 4.57. The summed E-state index contributed by atoms with van der Waals surface area (Å²) in [5, 5.41) is 3.69. The van der Waals surface area contributed by atoms with E-state index in [-0.39, 0.29) is 5.78 Å². The Morgan fingerprint density at radius 3 is 2.22 bits per heavy atom. The first-order chi connectivity index (χ1) is 8.54. The second-order valence-corrected chi connectivity index (χ2v) is 6.72. The number of Topliss-reactive ketones (excluding diaryl/α,β-unsaturated/α-hetero) is 1. The van der Waals surface area contributed by atoms with E-state index in [9.17, 15) is 4.79 Å². The van der Waals surface area contributed by atoms with Crippen LogP contribution in [0.15, 0.2) is 24.3 Å². The summed E-state index contributed by atoms with van der Waals surface area (Å²) < 4.78 is 2.47. The van der Waals surface area contributed by atoms with Crippen molar-refractivity contribution in [3.05, 3.63) is 29.1 Å². The van der Waals surface area contributed by atoms with Crippen LogP contribution in [0, 0.1) is 0 Å². The van der Waals surface area contributed by atoms with Crippen LogP contribution >= 0.6 is 22.7 Å². The molecule has 3 aromatic rings. The lowest BCUT2D eigenvalue weighted by atomic mass is 10.2. The molecule has 0 aliphatic rings. The molecule has 1 aromatic carbocycles. The third kappa shape index (κ3) is 1.82. The SMILES string of the molecule is CC(=O)c1cc2cc3sc(N(C)C)cc3cc2s1. The summed E-state index contributed by atoms with van der Waals surface area (Å²) in [5.41, 5.74) is 0. The Bertz CT molecular complexity index is 701. The molecule has 0 radical (unpaired) electrons. The molecule has 0 aliphatic carbocycles. The molecule has 92 valence electrons. The van der Waals surface area contributed by atoms with Crippen LogP contribution in [0.2, 0.25) is 0 Å². The molecule has 4 heteroatoms. The summed E-state index contributed by atoms with van der Waals surface area (Å²) in [6.07, 6.45) is 0. The van der Waals surface area contributed by atoms with E-state index in [0.717, 1.165) is 4.88 Å². The summed E-state index contributed by atoms with van der Waals surface area (Å²) >= 11 is 3.36. The minimum absolute atomic E-state index is 0.147. The molecule has 0 spiro atoms. The Kier molecular flexibility index (Phi) is 2.64. The number of fused-ring (bicyclic) bond motifs is 2. The van der Waals surface area contributed by atoms with Gasteiger partial charge in [0.25, 0.3) is 0 Å². The van der Waals surface area contributed by atoms with Crippen molar-refractivity contribution >= 4 is 53.6 Å². The summed E-state index contributed by atoms with van der Waals surface area (Å²) in [4.78, 5) is 14.4. The predicted octanol–water partition coefficient (Wildman–Crippen LogP) is 4.38. The number of ketones is 1. The van der Waals surface area contributed by atoms with E-state index >= 15 is 0 Å². The fourth-order valence-electron chi connectivity index (χ4n) is 1.95. The minimum atomic E-state index is 0.147. The van der Waals surface area contributed by atoms with Crippen LogP contribution in [0.5, 0.6) is 0 Å². The Balaban J connectivity index is 2.24. The van der Waals surface area contributed by atoms with Crippen LogP contribution in [0.25, 0.3) is 20.2 Å². The third-order valence-electron chi connectivity index (χ3n) is 2.93. The number of carbonyl (C=O) groups excluding carboxylic acids is 1. The molecule has 3 rings (SSSR count). The quantitative estimate of drug-likeness (QED) is 0.647. The minimum Gasteiger partial charge on any atom is -0.370 e. The van der Waals surface area contributed by atoms with Gasteiger partial charge in [0.1, 0.15) is 0 Å². The van der Waals surface area contributed by atoms with Crippen molar-refractivity contribution in [3.8, 4) is 0 Å². The molecule has 0 amide bonds. The van der Waals surface area contributed by atoms with Gasteiger partial charge in [0.05, 0.1) is 9.88 Å². The molecule has 0 aliphatic heterocycles. The lowest BCUT2D eigenvalue weighted by Gasteiger charge is -2.06. The third-order valence-corrected chi connectivity index (χ3v) is 5.39. The number of nitrogens with zero attached hydrogens (tertiary/aromatic N) is 1. The van der Waals surface area contributed by atoms with Gasteiger partial charge < -0.3 is 4.90 Å². The number of hydrogen-bond donors (Lipinski definition) is 0. The largest absolute Gasteiger partial charge is 0.370 e. The normalized spacial score (nSPS) is 11.3. The standard InChI is InChI=1S/C14H13NOS2/c1-8(16)11-4-9-5-13-10(6-12(9)17-11)7-14(18-13)15(2)3/h4-7H,1-3H3. The average molecular weight is 275 g/mol. The Hall–Kier alpha value is -1.39. The topological polar surface area (TPSA) is 20.3 Å². The van der Waals surface area contributed by atoms with Gasteiger partial charge in [0.2, 0.25) is 0 Å². The van der Waals surface area contributed by atoms with Crippen LogP contribution in [0.1, 0.15) is 16.6 Å². The van der Waals surface area contributed by atoms with Crippen LogP contribution in [-0.2, 0) is 0 Å². The molecule has 0 saturated heterocycles. The van der Waals surface area contributed by atoms with E-state index in [4.69, 9.17) is 0 Å². The highest BCUT2D eigenvalue weighted by molar-refractivity contribution is 7.23. The molecule has 0 N–H and O–H groups in total. The molecular formula is C14H13NOS2. The van der Waals surface area contributed by atoms with Gasteiger partial charge in [-0.2, -0.15) is 0 Å². The van der Waals surface area contributed by atoms with E-state index in [2.05, 4.69) is 37.2 Å². The smallest absolute Gasteiger partial charge is 0.169 e. The van der Waals surface area contributed by atoms with E-state index in [1.165, 1.54) is 25.2 Å². The van der Waals surface area contributed by atoms with Gasteiger partial charge in [0, 0.05) is 23.5 Å². The van der Waals surface area contributed by atoms with Crippen molar-refractivity contribution in [1.82, 2.24) is 0 Å². The number of thiophene rings is 2. The van der Waals surface area contributed by atoms with Crippen molar-refractivity contribution in [1.29, 1.82) is 0 Å². The van der Waals surface area contributed by atoms with Crippen molar-refractivity contribution in [2.24, 2.45) is 0 Å². The number of hydrogen-bond acceptors (Lipinski definition) is 4. The van der Waals surface area contributed by atoms with E-state index in [1.807, 2.05) is 6.07 Å². The lowest BCUT2D eigenvalue weighted by molar-refractivity contribution is 0.102. The van der Waals surface area contributed by atoms with Gasteiger partial charge in [-0.25, -0.2) is 0 Å². The van der Waals surface area contributed by atoms with Gasteiger partial charge in [-0.3, -0.25) is 4.79 Å². The zero-order valence-corrected chi connectivity index (χ0v) is 12.1. The Labute approximate surface area is 113 Å². The first-order valence-electron chi connectivity index (χ1n) is 5.70. The van der Waals surface area contributed by atoms with Crippen LogP contribution in [-0.4, -0.2) is 19.9 Å². The van der Waals surface area contributed by atoms with Crippen molar-refractivity contribution in [2.75, 3.05) is 19.0 Å². The van der Waals surface area contributed by atoms with Crippen molar-refractivity contribution in [3.63, 3.8) is 0 Å². The highest BCUT2D eigenvalue weighted by atomic mass is 32.1. The lowest BCUT2D eigenvalue weighted by Crippen LogP contribution is -2.05. The summed E-state index contributed by atoms with van der Waals surface area (Å²) in [6, 6.07) is 8.57. The fourth-order valence-corrected chi connectivity index (χ4v) is 3.96. The maximum atomic E-state index is 11.4.